The molecule has 0 bridgehead atoms. The van der Waals surface area contributed by atoms with Crippen LogP contribution in [0, 0.1) is 0 Å². The number of sulfonamides is 1. The number of rotatable bonds is 6. The summed E-state index contributed by atoms with van der Waals surface area (Å²) < 4.78 is 26.4. The van der Waals surface area contributed by atoms with Crippen LogP contribution in [-0.4, -0.2) is 26.6 Å². The van der Waals surface area contributed by atoms with E-state index in [-0.39, 0.29) is 13.0 Å². The van der Waals surface area contributed by atoms with E-state index in [2.05, 4.69) is 0 Å². The fraction of sp³-hybridized carbons (Fsp3) is 0.300. The topological polar surface area (TPSA) is 86.5 Å². The number of ketones is 1. The molecule has 0 saturated heterocycles. The average Bonchev–Trinajstić information content (AvgIpc) is 2.16. The van der Waals surface area contributed by atoms with Gasteiger partial charge < -0.3 is 4.74 Å². The van der Waals surface area contributed by atoms with Crippen molar-refractivity contribution in [3.05, 3.63) is 30.3 Å². The molecule has 0 atom stereocenters. The molecular formula is C10H13NO4S. The third kappa shape index (κ3) is 5.47. The summed E-state index contributed by atoms with van der Waals surface area (Å²) in [6, 6.07) is 8.97. The summed E-state index contributed by atoms with van der Waals surface area (Å²) in [5.41, 5.74) is 0. The van der Waals surface area contributed by atoms with Crippen molar-refractivity contribution in [3.63, 3.8) is 0 Å². The summed E-state index contributed by atoms with van der Waals surface area (Å²) in [7, 11) is -3.72. The smallest absolute Gasteiger partial charge is 0.216 e. The van der Waals surface area contributed by atoms with Crippen molar-refractivity contribution >= 4 is 15.8 Å². The van der Waals surface area contributed by atoms with Gasteiger partial charge in [-0.25, -0.2) is 13.6 Å². The normalized spacial score (nSPS) is 11.1. The fourth-order valence-corrected chi connectivity index (χ4v) is 1.69. The van der Waals surface area contributed by atoms with E-state index in [9.17, 15) is 13.2 Å². The quantitative estimate of drug-likeness (QED) is 0.779. The first-order chi connectivity index (χ1) is 7.47. The number of carbonyl (C=O) groups excluding carboxylic acids is 1. The van der Waals surface area contributed by atoms with Crippen LogP contribution in [-0.2, 0) is 14.8 Å². The van der Waals surface area contributed by atoms with Crippen molar-refractivity contribution in [1.29, 1.82) is 0 Å². The number of para-hydroxylation sites is 1. The van der Waals surface area contributed by atoms with Crippen molar-refractivity contribution in [2.75, 3.05) is 12.4 Å². The van der Waals surface area contributed by atoms with Gasteiger partial charge in [0.05, 0.1) is 6.61 Å². The summed E-state index contributed by atoms with van der Waals surface area (Å²) >= 11 is 0. The number of ether oxygens (including phenoxy) is 1. The monoisotopic (exact) mass is 243 g/mol. The molecule has 0 aromatic heterocycles. The molecule has 1 aromatic rings. The van der Waals surface area contributed by atoms with E-state index in [0.29, 0.717) is 5.75 Å². The molecule has 5 nitrogen and oxygen atoms in total. The van der Waals surface area contributed by atoms with Crippen LogP contribution in [0.3, 0.4) is 0 Å². The summed E-state index contributed by atoms with van der Waals surface area (Å²) in [5.74, 6) is -0.435. The largest absolute Gasteiger partial charge is 0.493 e. The minimum Gasteiger partial charge on any atom is -0.493 e. The Hall–Kier alpha value is -1.40. The Morgan fingerprint density at radius 1 is 1.25 bits per heavy atom. The number of Topliss-reactive ketones (excluding diaryl/α,β-unsaturated/α-hetero) is 1. The zero-order valence-electron chi connectivity index (χ0n) is 8.63. The average molecular weight is 243 g/mol. The lowest BCUT2D eigenvalue weighted by molar-refractivity contribution is -0.117. The highest BCUT2D eigenvalue weighted by Crippen LogP contribution is 2.08. The van der Waals surface area contributed by atoms with Gasteiger partial charge in [-0.05, 0) is 12.1 Å². The molecule has 16 heavy (non-hydrogen) atoms. The van der Waals surface area contributed by atoms with E-state index in [1.165, 1.54) is 0 Å². The van der Waals surface area contributed by atoms with Crippen LogP contribution in [0.2, 0.25) is 0 Å². The molecule has 0 fully saturated rings. The second-order valence-corrected chi connectivity index (χ2v) is 4.87. The predicted octanol–water partition coefficient (Wildman–Crippen LogP) is 0.313. The minimum atomic E-state index is -3.72. The molecule has 0 amide bonds. The second-order valence-electron chi connectivity index (χ2n) is 3.26. The highest BCUT2D eigenvalue weighted by molar-refractivity contribution is 7.89. The highest BCUT2D eigenvalue weighted by atomic mass is 32.2. The Bertz CT molecular complexity index is 441. The van der Waals surface area contributed by atoms with Gasteiger partial charge in [0.1, 0.15) is 11.5 Å². The summed E-state index contributed by atoms with van der Waals surface area (Å²) in [6.07, 6.45) is 0.0331. The number of nitrogens with two attached hydrogens (primary N) is 1. The number of benzene rings is 1. The van der Waals surface area contributed by atoms with Crippen molar-refractivity contribution in [2.24, 2.45) is 5.14 Å². The van der Waals surface area contributed by atoms with E-state index in [0.717, 1.165) is 0 Å². The molecule has 0 saturated carbocycles. The van der Waals surface area contributed by atoms with Crippen LogP contribution in [0.1, 0.15) is 6.42 Å². The van der Waals surface area contributed by atoms with E-state index in [1.54, 1.807) is 12.1 Å². The molecule has 0 heterocycles. The lowest BCUT2D eigenvalue weighted by Crippen LogP contribution is -2.24. The molecule has 88 valence electrons. The first-order valence-electron chi connectivity index (χ1n) is 4.67. The van der Waals surface area contributed by atoms with Gasteiger partial charge in [0.15, 0.2) is 5.78 Å². The minimum absolute atomic E-state index is 0.0331. The maximum atomic E-state index is 11.1. The molecule has 6 heteroatoms. The molecule has 1 rings (SSSR count). The molecule has 0 radical (unpaired) electrons. The summed E-state index contributed by atoms with van der Waals surface area (Å²) in [5, 5.41) is 4.73. The van der Waals surface area contributed by atoms with Gasteiger partial charge in [-0.2, -0.15) is 0 Å². The molecule has 0 aliphatic carbocycles. The third-order valence-corrected chi connectivity index (χ3v) is 2.48. The van der Waals surface area contributed by atoms with E-state index >= 15 is 0 Å². The Morgan fingerprint density at radius 2 is 1.88 bits per heavy atom. The van der Waals surface area contributed by atoms with Crippen LogP contribution in [0.15, 0.2) is 30.3 Å². The maximum Gasteiger partial charge on any atom is 0.216 e. The van der Waals surface area contributed by atoms with Gasteiger partial charge >= 0.3 is 0 Å². The fourth-order valence-electron chi connectivity index (χ4n) is 1.10. The lowest BCUT2D eigenvalue weighted by atomic mass is 10.3. The second kappa shape index (κ2) is 5.62. The predicted molar refractivity (Wildman–Crippen MR) is 59.5 cm³/mol. The Kier molecular flexibility index (Phi) is 4.45. The zero-order chi connectivity index (χ0) is 12.0. The molecular weight excluding hydrogens is 230 g/mol. The Balaban J connectivity index is 2.29. The number of carbonyl (C=O) groups is 1. The zero-order valence-corrected chi connectivity index (χ0v) is 9.44. The molecule has 0 aliphatic rings. The van der Waals surface area contributed by atoms with Crippen LogP contribution in [0.4, 0.5) is 0 Å². The summed E-state index contributed by atoms with van der Waals surface area (Å²) in [6.45, 7) is 0.151. The molecule has 2 N–H and O–H groups in total. The maximum absolute atomic E-state index is 11.1. The first-order valence-corrected chi connectivity index (χ1v) is 6.39. The number of primary sulfonamides is 1. The standard InChI is InChI=1S/C10H13NO4S/c11-16(13,14)8-9(12)6-7-15-10-4-2-1-3-5-10/h1-5H,6-8H2,(H2,11,13,14). The van der Waals surface area contributed by atoms with Gasteiger partial charge in [0.2, 0.25) is 10.0 Å². The molecule has 0 spiro atoms. The summed E-state index contributed by atoms with van der Waals surface area (Å²) in [4.78, 5) is 11.1. The van der Waals surface area contributed by atoms with Crippen LogP contribution >= 0.6 is 0 Å². The van der Waals surface area contributed by atoms with Gasteiger partial charge in [0, 0.05) is 6.42 Å². The highest BCUT2D eigenvalue weighted by Gasteiger charge is 2.11. The van der Waals surface area contributed by atoms with Crippen LogP contribution in [0.25, 0.3) is 0 Å². The Labute approximate surface area is 94.3 Å². The van der Waals surface area contributed by atoms with Crippen LogP contribution in [0.5, 0.6) is 5.75 Å². The van der Waals surface area contributed by atoms with Gasteiger partial charge in [-0.15, -0.1) is 0 Å². The molecule has 1 aromatic carbocycles. The van der Waals surface area contributed by atoms with Gasteiger partial charge in [-0.3, -0.25) is 4.79 Å². The van der Waals surface area contributed by atoms with Crippen molar-refractivity contribution in [3.8, 4) is 5.75 Å². The lowest BCUT2D eigenvalue weighted by Gasteiger charge is -2.04. The number of hydrogen-bond donors (Lipinski definition) is 1. The molecule has 0 unspecified atom stereocenters. The van der Waals surface area contributed by atoms with Crippen molar-refractivity contribution < 1.29 is 17.9 Å². The Morgan fingerprint density at radius 3 is 2.44 bits per heavy atom. The van der Waals surface area contributed by atoms with E-state index in [1.807, 2.05) is 18.2 Å². The molecule has 0 aliphatic heterocycles. The van der Waals surface area contributed by atoms with E-state index in [4.69, 9.17) is 9.88 Å². The van der Waals surface area contributed by atoms with Crippen molar-refractivity contribution in [2.45, 2.75) is 6.42 Å². The third-order valence-electron chi connectivity index (χ3n) is 1.76. The van der Waals surface area contributed by atoms with Crippen LogP contribution < -0.4 is 9.88 Å². The number of hydrogen-bond acceptors (Lipinski definition) is 4. The first kappa shape index (κ1) is 12.7. The van der Waals surface area contributed by atoms with Gasteiger partial charge in [0.25, 0.3) is 0 Å². The van der Waals surface area contributed by atoms with E-state index < -0.39 is 21.6 Å². The van der Waals surface area contributed by atoms with Gasteiger partial charge in [-0.1, -0.05) is 18.2 Å². The van der Waals surface area contributed by atoms with Crippen molar-refractivity contribution in [1.82, 2.24) is 0 Å². The SMILES string of the molecule is NS(=O)(=O)CC(=O)CCOc1ccccc1.